The number of carbonyl (C=O) groups is 1. The van der Waals surface area contributed by atoms with Gasteiger partial charge in [0, 0.05) is 18.1 Å². The van der Waals surface area contributed by atoms with Crippen LogP contribution >= 0.6 is 0 Å². The van der Waals surface area contributed by atoms with E-state index in [9.17, 15) is 20.0 Å². The normalized spacial score (nSPS) is 11.8. The summed E-state index contributed by atoms with van der Waals surface area (Å²) in [7, 11) is 0. The smallest absolute Gasteiger partial charge is 0.273 e. The molecule has 0 saturated carbocycles. The van der Waals surface area contributed by atoms with Crippen LogP contribution in [0.5, 0.6) is 11.5 Å². The summed E-state index contributed by atoms with van der Waals surface area (Å²) < 4.78 is 6.09. The number of aromatic hydroxyl groups is 1. The van der Waals surface area contributed by atoms with E-state index in [1.807, 2.05) is 6.07 Å². The van der Waals surface area contributed by atoms with Crippen LogP contribution in [0.15, 0.2) is 36.4 Å². The van der Waals surface area contributed by atoms with Crippen LogP contribution in [-0.2, 0) is 15.6 Å². The lowest BCUT2D eigenvalue weighted by Crippen LogP contribution is -2.21. The Morgan fingerprint density at radius 1 is 1.06 bits per heavy atom. The van der Waals surface area contributed by atoms with Crippen LogP contribution in [0.4, 0.5) is 11.4 Å². The van der Waals surface area contributed by atoms with Crippen molar-refractivity contribution in [3.05, 3.63) is 57.6 Å². The average Bonchev–Trinajstić information content (AvgIpc) is 2.77. The maximum atomic E-state index is 12.2. The summed E-state index contributed by atoms with van der Waals surface area (Å²) in [5.41, 5.74) is 2.41. The van der Waals surface area contributed by atoms with Gasteiger partial charge in [0.1, 0.15) is 11.5 Å². The molecule has 0 aliphatic rings. The molecule has 0 heterocycles. The van der Waals surface area contributed by atoms with Crippen LogP contribution < -0.4 is 10.1 Å². The van der Waals surface area contributed by atoms with Crippen molar-refractivity contribution < 1.29 is 19.6 Å². The second-order valence-corrected chi connectivity index (χ2v) is 9.64. The van der Waals surface area contributed by atoms with Crippen molar-refractivity contribution in [2.24, 2.45) is 0 Å². The molecule has 7 nitrogen and oxygen atoms in total. The van der Waals surface area contributed by atoms with E-state index in [1.165, 1.54) is 23.3 Å². The fourth-order valence-electron chi connectivity index (χ4n) is 3.37. The molecule has 2 N–H and O–H groups in total. The Balaban J connectivity index is 2.01. The molecule has 0 unspecified atom stereocenters. The van der Waals surface area contributed by atoms with Crippen LogP contribution in [0.1, 0.15) is 78.4 Å². The summed E-state index contributed by atoms with van der Waals surface area (Å²) >= 11 is 0. The number of benzene rings is 2. The van der Waals surface area contributed by atoms with Crippen LogP contribution in [0, 0.1) is 10.1 Å². The number of anilines is 1. The van der Waals surface area contributed by atoms with Gasteiger partial charge in [-0.25, -0.2) is 0 Å². The number of non-ortho nitro benzene ring substituents is 1. The largest absolute Gasteiger partial charge is 0.506 e. The Morgan fingerprint density at radius 2 is 1.73 bits per heavy atom. The molecule has 0 fully saturated rings. The van der Waals surface area contributed by atoms with Gasteiger partial charge in [-0.3, -0.25) is 14.9 Å². The van der Waals surface area contributed by atoms with Gasteiger partial charge in [-0.1, -0.05) is 53.7 Å². The fraction of sp³-hybridized carbons (Fsp3) is 0.500. The second-order valence-electron chi connectivity index (χ2n) is 9.64. The molecule has 0 aromatic heterocycles. The van der Waals surface area contributed by atoms with Crippen LogP contribution in [-0.4, -0.2) is 22.5 Å². The maximum Gasteiger partial charge on any atom is 0.273 e. The summed E-state index contributed by atoms with van der Waals surface area (Å²) in [5.74, 6) is 0.207. The van der Waals surface area contributed by atoms with E-state index in [-0.39, 0.29) is 40.3 Å². The molecule has 0 spiro atoms. The first-order chi connectivity index (χ1) is 15.4. The van der Waals surface area contributed by atoms with Crippen molar-refractivity contribution in [1.82, 2.24) is 0 Å². The number of nitrogens with one attached hydrogen (secondary N) is 1. The van der Waals surface area contributed by atoms with Crippen molar-refractivity contribution in [3.63, 3.8) is 0 Å². The minimum atomic E-state index is -0.605. The third kappa shape index (κ3) is 6.70. The van der Waals surface area contributed by atoms with Crippen molar-refractivity contribution in [3.8, 4) is 11.5 Å². The first kappa shape index (κ1) is 26.2. The SMILES string of the molecule is CCC(C)(C)c1ccc(OCCCC(=O)Nc2ccc([N+](=O)[O-])cc2O)c(C(C)(C)CC)c1. The van der Waals surface area contributed by atoms with Gasteiger partial charge in [0.05, 0.1) is 23.3 Å². The molecule has 33 heavy (non-hydrogen) atoms. The molecule has 2 aromatic rings. The Bertz CT molecular complexity index is 998. The Kier molecular flexibility index (Phi) is 8.47. The van der Waals surface area contributed by atoms with E-state index < -0.39 is 4.92 Å². The van der Waals surface area contributed by atoms with Gasteiger partial charge in [-0.05, 0) is 47.8 Å². The van der Waals surface area contributed by atoms with Crippen LogP contribution in [0.3, 0.4) is 0 Å². The molecule has 2 rings (SSSR count). The number of hydrogen-bond acceptors (Lipinski definition) is 5. The first-order valence-electron chi connectivity index (χ1n) is 11.5. The number of carbonyl (C=O) groups excluding carboxylic acids is 1. The van der Waals surface area contributed by atoms with Crippen molar-refractivity contribution in [2.75, 3.05) is 11.9 Å². The Labute approximate surface area is 196 Å². The number of phenolic OH excluding ortho intramolecular Hbond substituents is 1. The quantitative estimate of drug-likeness (QED) is 0.174. The lowest BCUT2D eigenvalue weighted by molar-refractivity contribution is -0.384. The maximum absolute atomic E-state index is 12.2. The number of rotatable bonds is 11. The van der Waals surface area contributed by atoms with Crippen molar-refractivity contribution in [2.45, 2.75) is 78.1 Å². The standard InChI is InChI=1S/C26H36N2O5/c1-7-25(3,4)18-11-14-23(20(16-18)26(5,6)8-2)33-15-9-10-24(30)27-21-13-12-19(28(31)32)17-22(21)29/h11-14,16-17,29H,7-10,15H2,1-6H3,(H,27,30). The third-order valence-electron chi connectivity index (χ3n) is 6.53. The summed E-state index contributed by atoms with van der Waals surface area (Å²) in [6.45, 7) is 13.6. The first-order valence-corrected chi connectivity index (χ1v) is 11.5. The minimum absolute atomic E-state index is 0.0417. The molecule has 0 aliphatic carbocycles. The van der Waals surface area contributed by atoms with E-state index in [0.29, 0.717) is 13.0 Å². The highest BCUT2D eigenvalue weighted by Crippen LogP contribution is 2.38. The van der Waals surface area contributed by atoms with Gasteiger partial charge in [0.15, 0.2) is 0 Å². The number of amides is 1. The summed E-state index contributed by atoms with van der Waals surface area (Å²) in [5, 5.41) is 23.2. The van der Waals surface area contributed by atoms with Gasteiger partial charge in [0.25, 0.3) is 5.69 Å². The number of phenols is 1. The molecule has 0 bridgehead atoms. The molecular weight excluding hydrogens is 420 g/mol. The molecule has 0 aliphatic heterocycles. The van der Waals surface area contributed by atoms with E-state index in [2.05, 4.69) is 59.0 Å². The molecule has 2 aromatic carbocycles. The minimum Gasteiger partial charge on any atom is -0.506 e. The second kappa shape index (κ2) is 10.7. The zero-order chi connectivity index (χ0) is 24.8. The number of nitro groups is 1. The van der Waals surface area contributed by atoms with E-state index in [4.69, 9.17) is 4.74 Å². The van der Waals surface area contributed by atoms with Gasteiger partial charge in [-0.15, -0.1) is 0 Å². The highest BCUT2D eigenvalue weighted by atomic mass is 16.6. The van der Waals surface area contributed by atoms with Gasteiger partial charge < -0.3 is 15.2 Å². The summed E-state index contributed by atoms with van der Waals surface area (Å²) in [4.78, 5) is 22.4. The van der Waals surface area contributed by atoms with Crippen molar-refractivity contribution in [1.29, 1.82) is 0 Å². The molecule has 7 heteroatoms. The number of nitrogens with zero attached hydrogens (tertiary/aromatic N) is 1. The predicted octanol–water partition coefficient (Wildman–Crippen LogP) is 6.47. The van der Waals surface area contributed by atoms with Gasteiger partial charge >= 0.3 is 0 Å². The molecule has 1 amide bonds. The van der Waals surface area contributed by atoms with Crippen LogP contribution in [0.25, 0.3) is 0 Å². The average molecular weight is 457 g/mol. The molecule has 0 atom stereocenters. The molecule has 180 valence electrons. The summed E-state index contributed by atoms with van der Waals surface area (Å²) in [6.07, 6.45) is 2.71. The zero-order valence-corrected chi connectivity index (χ0v) is 20.5. The topological polar surface area (TPSA) is 102 Å². The van der Waals surface area contributed by atoms with Crippen LogP contribution in [0.2, 0.25) is 0 Å². The van der Waals surface area contributed by atoms with Gasteiger partial charge in [-0.2, -0.15) is 0 Å². The van der Waals surface area contributed by atoms with E-state index in [1.54, 1.807) is 0 Å². The monoisotopic (exact) mass is 456 g/mol. The number of hydrogen-bond donors (Lipinski definition) is 2. The Morgan fingerprint density at radius 3 is 2.30 bits per heavy atom. The summed E-state index contributed by atoms with van der Waals surface area (Å²) in [6, 6.07) is 9.98. The lowest BCUT2D eigenvalue weighted by atomic mass is 9.76. The number of nitro benzene ring substituents is 1. The lowest BCUT2D eigenvalue weighted by Gasteiger charge is -2.30. The predicted molar refractivity (Wildman–Crippen MR) is 131 cm³/mol. The molecule has 0 radical (unpaired) electrons. The fourth-order valence-corrected chi connectivity index (χ4v) is 3.37. The molecular formula is C26H36N2O5. The van der Waals surface area contributed by atoms with E-state index >= 15 is 0 Å². The van der Waals surface area contributed by atoms with E-state index in [0.717, 1.165) is 24.7 Å². The third-order valence-corrected chi connectivity index (χ3v) is 6.53. The molecule has 0 saturated heterocycles. The zero-order valence-electron chi connectivity index (χ0n) is 20.5. The highest BCUT2D eigenvalue weighted by molar-refractivity contribution is 5.92. The number of ether oxygens (including phenoxy) is 1. The van der Waals surface area contributed by atoms with Gasteiger partial charge in [0.2, 0.25) is 5.91 Å². The van der Waals surface area contributed by atoms with Crippen molar-refractivity contribution >= 4 is 17.3 Å². The highest BCUT2D eigenvalue weighted by Gasteiger charge is 2.26. The Hall–Kier alpha value is -3.09.